The van der Waals surface area contributed by atoms with Gasteiger partial charge in [0.25, 0.3) is 5.91 Å². The predicted octanol–water partition coefficient (Wildman–Crippen LogP) is 0.894. The van der Waals surface area contributed by atoms with E-state index in [9.17, 15) is 19.2 Å². The van der Waals surface area contributed by atoms with Gasteiger partial charge >= 0.3 is 6.09 Å². The standard InChI is InChI=1S/C22H26N4O6/c1-13(2)18(26-22(30)31-12-14-6-4-3-5-7-14)20(28)25-16-10-17-15(11-24-32-17)8-9-23-21(29)19(16)27/h3-7,11,13,16,18H,8-10,12H2,1-2H3,(H,23,29)(H,25,28)(H,26,30). The lowest BCUT2D eigenvalue weighted by Gasteiger charge is -2.24. The van der Waals surface area contributed by atoms with E-state index in [0.29, 0.717) is 12.2 Å². The van der Waals surface area contributed by atoms with Crippen molar-refractivity contribution in [1.82, 2.24) is 21.1 Å². The molecule has 10 nitrogen and oxygen atoms in total. The van der Waals surface area contributed by atoms with E-state index < -0.39 is 35.8 Å². The maximum atomic E-state index is 12.9. The van der Waals surface area contributed by atoms with Gasteiger partial charge in [0, 0.05) is 18.5 Å². The highest BCUT2D eigenvalue weighted by molar-refractivity contribution is 6.38. The van der Waals surface area contributed by atoms with Crippen LogP contribution in [0, 0.1) is 5.92 Å². The topological polar surface area (TPSA) is 140 Å². The quantitative estimate of drug-likeness (QED) is 0.565. The number of fused-ring (bicyclic) bond motifs is 1. The molecule has 0 spiro atoms. The predicted molar refractivity (Wildman–Crippen MR) is 112 cm³/mol. The van der Waals surface area contributed by atoms with E-state index in [1.54, 1.807) is 13.8 Å². The van der Waals surface area contributed by atoms with E-state index in [4.69, 9.17) is 9.26 Å². The number of rotatable bonds is 6. The van der Waals surface area contributed by atoms with E-state index >= 15 is 0 Å². The van der Waals surface area contributed by atoms with Crippen LogP contribution in [0.25, 0.3) is 0 Å². The van der Waals surface area contributed by atoms with Crippen molar-refractivity contribution in [2.24, 2.45) is 5.92 Å². The van der Waals surface area contributed by atoms with Gasteiger partial charge in [-0.05, 0) is 17.9 Å². The summed E-state index contributed by atoms with van der Waals surface area (Å²) in [6, 6.07) is 6.99. The van der Waals surface area contributed by atoms with Gasteiger partial charge in [-0.2, -0.15) is 0 Å². The third-order valence-electron chi connectivity index (χ3n) is 5.09. The number of amides is 3. The molecule has 0 saturated carbocycles. The molecule has 10 heteroatoms. The number of nitrogens with zero attached hydrogens (tertiary/aromatic N) is 1. The highest BCUT2D eigenvalue weighted by atomic mass is 16.5. The fraction of sp³-hybridized carbons (Fsp3) is 0.409. The summed E-state index contributed by atoms with van der Waals surface area (Å²) in [6.07, 6.45) is 1.20. The first-order chi connectivity index (χ1) is 15.3. The van der Waals surface area contributed by atoms with Gasteiger partial charge in [0.1, 0.15) is 24.5 Å². The van der Waals surface area contributed by atoms with Gasteiger partial charge in [0.15, 0.2) is 0 Å². The number of aromatic nitrogens is 1. The normalized spacial score (nSPS) is 17.3. The van der Waals surface area contributed by atoms with Crippen LogP contribution in [0.5, 0.6) is 0 Å². The van der Waals surface area contributed by atoms with Crippen LogP contribution in [0.3, 0.4) is 0 Å². The highest BCUT2D eigenvalue weighted by Gasteiger charge is 2.34. The fourth-order valence-corrected chi connectivity index (χ4v) is 3.30. The zero-order valence-corrected chi connectivity index (χ0v) is 17.9. The Balaban J connectivity index is 1.66. The number of hydrogen-bond acceptors (Lipinski definition) is 7. The van der Waals surface area contributed by atoms with Crippen LogP contribution >= 0.6 is 0 Å². The molecule has 0 radical (unpaired) electrons. The van der Waals surface area contributed by atoms with Crippen LogP contribution in [0.4, 0.5) is 4.79 Å². The summed E-state index contributed by atoms with van der Waals surface area (Å²) in [5.41, 5.74) is 1.56. The number of hydrogen-bond donors (Lipinski definition) is 3. The average molecular weight is 442 g/mol. The van der Waals surface area contributed by atoms with Crippen LogP contribution in [0.2, 0.25) is 0 Å². The summed E-state index contributed by atoms with van der Waals surface area (Å²) >= 11 is 0. The molecule has 32 heavy (non-hydrogen) atoms. The highest BCUT2D eigenvalue weighted by Crippen LogP contribution is 2.14. The van der Waals surface area contributed by atoms with Crippen LogP contribution < -0.4 is 16.0 Å². The third-order valence-corrected chi connectivity index (χ3v) is 5.09. The lowest BCUT2D eigenvalue weighted by Crippen LogP contribution is -2.56. The molecular weight excluding hydrogens is 416 g/mol. The van der Waals surface area contributed by atoms with Gasteiger partial charge in [0.2, 0.25) is 11.7 Å². The molecule has 0 aliphatic carbocycles. The van der Waals surface area contributed by atoms with Gasteiger partial charge in [0.05, 0.1) is 6.20 Å². The second kappa shape index (κ2) is 10.6. The number of Topliss-reactive ketones (excluding diaryl/α,β-unsaturated/α-hetero) is 1. The average Bonchev–Trinajstić information content (AvgIpc) is 3.22. The minimum absolute atomic E-state index is 0.0173. The molecule has 2 atom stereocenters. The second-order valence-corrected chi connectivity index (χ2v) is 7.84. The van der Waals surface area contributed by atoms with Crippen molar-refractivity contribution >= 4 is 23.7 Å². The van der Waals surface area contributed by atoms with Crippen molar-refractivity contribution in [1.29, 1.82) is 0 Å². The van der Waals surface area contributed by atoms with Crippen LogP contribution in [-0.2, 0) is 38.6 Å². The summed E-state index contributed by atoms with van der Waals surface area (Å²) in [7, 11) is 0. The molecule has 1 aliphatic rings. The first-order valence-corrected chi connectivity index (χ1v) is 10.4. The number of benzene rings is 1. The lowest BCUT2D eigenvalue weighted by molar-refractivity contribution is -0.140. The summed E-state index contributed by atoms with van der Waals surface area (Å²) in [5.74, 6) is -2.07. The number of nitrogens with one attached hydrogen (secondary N) is 3. The molecule has 0 fully saturated rings. The van der Waals surface area contributed by atoms with Crippen LogP contribution in [0.1, 0.15) is 30.7 Å². The van der Waals surface area contributed by atoms with Crippen molar-refractivity contribution < 1.29 is 28.4 Å². The molecule has 2 heterocycles. The molecule has 1 aromatic carbocycles. The van der Waals surface area contributed by atoms with Gasteiger partial charge < -0.3 is 25.2 Å². The molecule has 0 bridgehead atoms. The first kappa shape index (κ1) is 23.0. The van der Waals surface area contributed by atoms with Crippen molar-refractivity contribution in [3.05, 3.63) is 53.4 Å². The molecule has 1 aromatic heterocycles. The lowest BCUT2D eigenvalue weighted by atomic mass is 10.0. The molecule has 0 saturated heterocycles. The van der Waals surface area contributed by atoms with E-state index in [-0.39, 0.29) is 25.5 Å². The van der Waals surface area contributed by atoms with E-state index in [0.717, 1.165) is 11.1 Å². The minimum Gasteiger partial charge on any atom is -0.445 e. The molecule has 3 N–H and O–H groups in total. The Morgan fingerprint density at radius 1 is 1.25 bits per heavy atom. The number of carbonyl (C=O) groups is 4. The van der Waals surface area contributed by atoms with E-state index in [2.05, 4.69) is 21.1 Å². The van der Waals surface area contributed by atoms with E-state index in [1.165, 1.54) is 6.20 Å². The number of ether oxygens (including phenoxy) is 1. The van der Waals surface area contributed by atoms with Crippen LogP contribution in [-0.4, -0.2) is 47.5 Å². The molecule has 3 amide bonds. The zero-order chi connectivity index (χ0) is 23.1. The van der Waals surface area contributed by atoms with Gasteiger partial charge in [-0.1, -0.05) is 49.3 Å². The number of carbonyl (C=O) groups excluding carboxylic acids is 4. The Kier molecular flexibility index (Phi) is 7.58. The monoisotopic (exact) mass is 442 g/mol. The maximum Gasteiger partial charge on any atom is 0.408 e. The SMILES string of the molecule is CC(C)C(NC(=O)OCc1ccccc1)C(=O)NC1Cc2oncc2CCNC(=O)C1=O. The first-order valence-electron chi connectivity index (χ1n) is 10.4. The maximum absolute atomic E-state index is 12.9. The van der Waals surface area contributed by atoms with Gasteiger partial charge in [-0.25, -0.2) is 4.79 Å². The van der Waals surface area contributed by atoms with E-state index in [1.807, 2.05) is 30.3 Å². The third kappa shape index (κ3) is 5.93. The van der Waals surface area contributed by atoms with Crippen molar-refractivity contribution in [3.63, 3.8) is 0 Å². The molecule has 170 valence electrons. The Morgan fingerprint density at radius 3 is 2.72 bits per heavy atom. The summed E-state index contributed by atoms with van der Waals surface area (Å²) in [5, 5.41) is 11.4. The second-order valence-electron chi connectivity index (χ2n) is 7.84. The number of alkyl carbamates (subject to hydrolysis) is 1. The molecule has 2 unspecified atom stereocenters. The smallest absolute Gasteiger partial charge is 0.408 e. The Morgan fingerprint density at radius 2 is 2.00 bits per heavy atom. The molecule has 3 rings (SSSR count). The summed E-state index contributed by atoms with van der Waals surface area (Å²) < 4.78 is 10.4. The Hall–Kier alpha value is -3.69. The van der Waals surface area contributed by atoms with Crippen LogP contribution in [0.15, 0.2) is 41.1 Å². The Labute approximate surface area is 185 Å². The minimum atomic E-state index is -1.16. The van der Waals surface area contributed by atoms with Crippen molar-refractivity contribution in [2.75, 3.05) is 6.54 Å². The molecule has 1 aliphatic heterocycles. The number of ketones is 1. The molecule has 2 aromatic rings. The van der Waals surface area contributed by atoms with Gasteiger partial charge in [-0.15, -0.1) is 0 Å². The molecular formula is C22H26N4O6. The zero-order valence-electron chi connectivity index (χ0n) is 17.9. The summed E-state index contributed by atoms with van der Waals surface area (Å²) in [4.78, 5) is 49.9. The fourth-order valence-electron chi connectivity index (χ4n) is 3.30. The van der Waals surface area contributed by atoms with Gasteiger partial charge in [-0.3, -0.25) is 14.4 Å². The summed E-state index contributed by atoms with van der Waals surface area (Å²) in [6.45, 7) is 3.79. The largest absolute Gasteiger partial charge is 0.445 e. The van der Waals surface area contributed by atoms with Crippen molar-refractivity contribution in [2.45, 2.75) is 45.4 Å². The van der Waals surface area contributed by atoms with Crippen molar-refractivity contribution in [3.8, 4) is 0 Å². The Bertz CT molecular complexity index is 972.